The largest absolute Gasteiger partial charge is 0.357 e. The van der Waals surface area contributed by atoms with E-state index in [1.807, 2.05) is 0 Å². The fourth-order valence-corrected chi connectivity index (χ4v) is 3.03. The van der Waals surface area contributed by atoms with Gasteiger partial charge >= 0.3 is 0 Å². The van der Waals surface area contributed by atoms with E-state index in [-0.39, 0.29) is 6.04 Å². The van der Waals surface area contributed by atoms with Crippen LogP contribution in [0.2, 0.25) is 0 Å². The Balaban J connectivity index is 1.95. The number of nitrogens with one attached hydrogen (secondary N) is 2. The predicted molar refractivity (Wildman–Crippen MR) is 112 cm³/mol. The smallest absolute Gasteiger partial charge is 0.191 e. The first-order valence-corrected chi connectivity index (χ1v) is 10.0. The SMILES string of the molecule is CCNC(=NCCn1cnnc1CC)NC(C)c1ccc(CC(C)C)cc1. The number of hydrogen-bond acceptors (Lipinski definition) is 3. The fourth-order valence-electron chi connectivity index (χ4n) is 3.03. The first kappa shape index (κ1) is 20.9. The monoisotopic (exact) mass is 370 g/mol. The van der Waals surface area contributed by atoms with E-state index < -0.39 is 0 Å². The van der Waals surface area contributed by atoms with E-state index in [4.69, 9.17) is 4.99 Å². The van der Waals surface area contributed by atoms with Gasteiger partial charge in [-0.25, -0.2) is 0 Å². The minimum atomic E-state index is 0.192. The number of aliphatic imine (C=N–C) groups is 1. The number of benzene rings is 1. The van der Waals surface area contributed by atoms with Gasteiger partial charge in [0.05, 0.1) is 12.6 Å². The van der Waals surface area contributed by atoms with Crippen molar-refractivity contribution in [2.45, 2.75) is 60.0 Å². The quantitative estimate of drug-likeness (QED) is 0.525. The van der Waals surface area contributed by atoms with E-state index in [1.165, 1.54) is 11.1 Å². The van der Waals surface area contributed by atoms with E-state index in [9.17, 15) is 0 Å². The standard InChI is InChI=1S/C21H34N6/c1-6-20-26-24-15-27(20)13-12-23-21(22-7-2)25-17(5)19-10-8-18(9-11-19)14-16(3)4/h8-11,15-17H,6-7,12-14H2,1-5H3,(H2,22,23,25). The summed E-state index contributed by atoms with van der Waals surface area (Å²) in [5.41, 5.74) is 2.65. The van der Waals surface area contributed by atoms with E-state index in [0.29, 0.717) is 12.5 Å². The summed E-state index contributed by atoms with van der Waals surface area (Å²) >= 11 is 0. The van der Waals surface area contributed by atoms with Crippen LogP contribution in [0.15, 0.2) is 35.6 Å². The normalized spacial score (nSPS) is 13.0. The molecule has 0 amide bonds. The van der Waals surface area contributed by atoms with Crippen LogP contribution in [0.4, 0.5) is 0 Å². The Labute approximate surface area is 163 Å². The molecule has 2 N–H and O–H groups in total. The maximum Gasteiger partial charge on any atom is 0.191 e. The molecule has 1 atom stereocenters. The molecular formula is C21H34N6. The molecule has 0 aliphatic rings. The molecule has 2 rings (SSSR count). The van der Waals surface area contributed by atoms with Crippen LogP contribution in [0.3, 0.4) is 0 Å². The summed E-state index contributed by atoms with van der Waals surface area (Å²) < 4.78 is 2.06. The van der Waals surface area contributed by atoms with Crippen LogP contribution in [0.25, 0.3) is 0 Å². The molecule has 1 heterocycles. The summed E-state index contributed by atoms with van der Waals surface area (Å²) in [6, 6.07) is 9.08. The second-order valence-corrected chi connectivity index (χ2v) is 7.26. The number of aryl methyl sites for hydroxylation is 1. The average molecular weight is 371 g/mol. The zero-order valence-electron chi connectivity index (χ0n) is 17.4. The second-order valence-electron chi connectivity index (χ2n) is 7.26. The van der Waals surface area contributed by atoms with E-state index in [2.05, 4.69) is 84.3 Å². The fraction of sp³-hybridized carbons (Fsp3) is 0.571. The van der Waals surface area contributed by atoms with Gasteiger partial charge in [0.2, 0.25) is 0 Å². The summed E-state index contributed by atoms with van der Waals surface area (Å²) in [4.78, 5) is 4.70. The zero-order valence-corrected chi connectivity index (χ0v) is 17.4. The lowest BCUT2D eigenvalue weighted by atomic mass is 10.00. The highest BCUT2D eigenvalue weighted by Gasteiger charge is 2.08. The lowest BCUT2D eigenvalue weighted by molar-refractivity contribution is 0.643. The van der Waals surface area contributed by atoms with Crippen LogP contribution in [0.1, 0.15) is 57.6 Å². The number of guanidine groups is 1. The molecule has 0 radical (unpaired) electrons. The molecule has 1 aromatic carbocycles. The van der Waals surface area contributed by atoms with Gasteiger partial charge in [0.25, 0.3) is 0 Å². The van der Waals surface area contributed by atoms with Gasteiger partial charge in [-0.05, 0) is 37.3 Å². The summed E-state index contributed by atoms with van der Waals surface area (Å²) in [5.74, 6) is 2.51. The molecule has 0 saturated heterocycles. The minimum absolute atomic E-state index is 0.192. The van der Waals surface area contributed by atoms with Crippen LogP contribution in [0.5, 0.6) is 0 Å². The lowest BCUT2D eigenvalue weighted by Crippen LogP contribution is -2.39. The van der Waals surface area contributed by atoms with Crippen molar-refractivity contribution in [3.8, 4) is 0 Å². The summed E-state index contributed by atoms with van der Waals surface area (Å²) in [6.45, 7) is 13.1. The number of nitrogens with zero attached hydrogens (tertiary/aromatic N) is 4. The molecule has 148 valence electrons. The van der Waals surface area contributed by atoms with Crippen molar-refractivity contribution in [2.75, 3.05) is 13.1 Å². The highest BCUT2D eigenvalue weighted by atomic mass is 15.3. The Morgan fingerprint density at radius 2 is 1.89 bits per heavy atom. The number of rotatable bonds is 9. The van der Waals surface area contributed by atoms with Gasteiger partial charge in [0.1, 0.15) is 12.2 Å². The Hall–Kier alpha value is -2.37. The van der Waals surface area contributed by atoms with Crippen molar-refractivity contribution in [2.24, 2.45) is 10.9 Å². The third kappa shape index (κ3) is 6.70. The molecular weight excluding hydrogens is 336 g/mol. The molecule has 1 aromatic heterocycles. The van der Waals surface area contributed by atoms with Gasteiger partial charge in [-0.15, -0.1) is 10.2 Å². The van der Waals surface area contributed by atoms with Gasteiger partial charge in [0, 0.05) is 19.5 Å². The summed E-state index contributed by atoms with van der Waals surface area (Å²) in [7, 11) is 0. The summed E-state index contributed by atoms with van der Waals surface area (Å²) in [5, 5.41) is 14.9. The van der Waals surface area contributed by atoms with E-state index >= 15 is 0 Å². The Kier molecular flexibility index (Phi) is 8.30. The van der Waals surface area contributed by atoms with Crippen molar-refractivity contribution in [1.29, 1.82) is 0 Å². The maximum absolute atomic E-state index is 4.70. The molecule has 1 unspecified atom stereocenters. The van der Waals surface area contributed by atoms with Crippen molar-refractivity contribution < 1.29 is 0 Å². The van der Waals surface area contributed by atoms with Gasteiger partial charge in [-0.1, -0.05) is 45.0 Å². The third-order valence-electron chi connectivity index (χ3n) is 4.44. The molecule has 0 fully saturated rings. The van der Waals surface area contributed by atoms with Gasteiger partial charge in [-0.3, -0.25) is 4.99 Å². The molecule has 27 heavy (non-hydrogen) atoms. The molecule has 0 bridgehead atoms. The number of aromatic nitrogens is 3. The van der Waals surface area contributed by atoms with Gasteiger partial charge in [-0.2, -0.15) is 0 Å². The predicted octanol–water partition coefficient (Wildman–Crippen LogP) is 3.36. The van der Waals surface area contributed by atoms with Crippen molar-refractivity contribution >= 4 is 5.96 Å². The highest BCUT2D eigenvalue weighted by Crippen LogP contribution is 2.15. The Morgan fingerprint density at radius 1 is 1.15 bits per heavy atom. The molecule has 0 saturated carbocycles. The topological polar surface area (TPSA) is 67.1 Å². The third-order valence-corrected chi connectivity index (χ3v) is 4.44. The molecule has 0 aliphatic heterocycles. The molecule has 2 aromatic rings. The van der Waals surface area contributed by atoms with Crippen molar-refractivity contribution in [3.63, 3.8) is 0 Å². The zero-order chi connectivity index (χ0) is 19.6. The van der Waals surface area contributed by atoms with Crippen LogP contribution < -0.4 is 10.6 Å². The molecule has 0 spiro atoms. The minimum Gasteiger partial charge on any atom is -0.357 e. The average Bonchev–Trinajstić information content (AvgIpc) is 3.09. The Bertz CT molecular complexity index is 702. The molecule has 0 aliphatic carbocycles. The summed E-state index contributed by atoms with van der Waals surface area (Å²) in [6.07, 6.45) is 3.77. The molecule has 6 heteroatoms. The highest BCUT2D eigenvalue weighted by molar-refractivity contribution is 5.80. The lowest BCUT2D eigenvalue weighted by Gasteiger charge is -2.19. The second kappa shape index (κ2) is 10.7. The van der Waals surface area contributed by atoms with Crippen LogP contribution >= 0.6 is 0 Å². The van der Waals surface area contributed by atoms with Crippen molar-refractivity contribution in [3.05, 3.63) is 47.5 Å². The van der Waals surface area contributed by atoms with Crippen LogP contribution in [-0.4, -0.2) is 33.8 Å². The Morgan fingerprint density at radius 3 is 2.52 bits per heavy atom. The van der Waals surface area contributed by atoms with Gasteiger partial charge < -0.3 is 15.2 Å². The molecule has 6 nitrogen and oxygen atoms in total. The van der Waals surface area contributed by atoms with E-state index in [0.717, 1.165) is 37.7 Å². The first-order chi connectivity index (χ1) is 13.0. The van der Waals surface area contributed by atoms with Crippen molar-refractivity contribution in [1.82, 2.24) is 25.4 Å². The number of hydrogen-bond donors (Lipinski definition) is 2. The van der Waals surface area contributed by atoms with E-state index in [1.54, 1.807) is 6.33 Å². The van der Waals surface area contributed by atoms with Crippen LogP contribution in [0, 0.1) is 5.92 Å². The van der Waals surface area contributed by atoms with Crippen LogP contribution in [-0.2, 0) is 19.4 Å². The first-order valence-electron chi connectivity index (χ1n) is 10.0. The van der Waals surface area contributed by atoms with Gasteiger partial charge in [0.15, 0.2) is 5.96 Å². The maximum atomic E-state index is 4.70.